The van der Waals surface area contributed by atoms with Crippen LogP contribution >= 0.6 is 38.5 Å². The second-order valence-electron chi connectivity index (χ2n) is 4.43. The molecule has 0 bridgehead atoms. The van der Waals surface area contributed by atoms with Gasteiger partial charge >= 0.3 is 0 Å². The molecule has 0 radical (unpaired) electrons. The van der Waals surface area contributed by atoms with Gasteiger partial charge in [-0.3, -0.25) is 0 Å². The number of nitrogens with one attached hydrogen (secondary N) is 1. The lowest BCUT2D eigenvalue weighted by Crippen LogP contribution is -2.22. The third-order valence-electron chi connectivity index (χ3n) is 3.13. The van der Waals surface area contributed by atoms with E-state index in [9.17, 15) is 0 Å². The number of ether oxygens (including phenoxy) is 1. The molecule has 0 aliphatic rings. The summed E-state index contributed by atoms with van der Waals surface area (Å²) in [5.74, 6) is 0.882. The number of methoxy groups -OCH3 is 1. The van der Waals surface area contributed by atoms with E-state index in [1.54, 1.807) is 7.11 Å². The highest BCUT2D eigenvalue weighted by Crippen LogP contribution is 2.29. The van der Waals surface area contributed by atoms with E-state index in [0.29, 0.717) is 0 Å². The van der Waals surface area contributed by atoms with Gasteiger partial charge < -0.3 is 10.1 Å². The van der Waals surface area contributed by atoms with Crippen LogP contribution < -0.4 is 10.1 Å². The van der Waals surface area contributed by atoms with Gasteiger partial charge in [0.05, 0.1) is 13.2 Å². The summed E-state index contributed by atoms with van der Waals surface area (Å²) in [6.07, 6.45) is 0. The molecule has 0 aromatic heterocycles. The molecular formula is C16H17BrINO. The van der Waals surface area contributed by atoms with Gasteiger partial charge in [-0.05, 0) is 70.6 Å². The van der Waals surface area contributed by atoms with Crippen LogP contribution in [-0.4, -0.2) is 13.7 Å². The van der Waals surface area contributed by atoms with Gasteiger partial charge in [-0.25, -0.2) is 0 Å². The first-order chi connectivity index (χ1) is 9.65. The van der Waals surface area contributed by atoms with Crippen molar-refractivity contribution >= 4 is 38.5 Å². The topological polar surface area (TPSA) is 21.3 Å². The van der Waals surface area contributed by atoms with E-state index in [0.717, 1.165) is 16.8 Å². The molecule has 0 heterocycles. The quantitative estimate of drug-likeness (QED) is 0.670. The van der Waals surface area contributed by atoms with Gasteiger partial charge in [0.1, 0.15) is 5.75 Å². The smallest absolute Gasteiger partial charge is 0.118 e. The van der Waals surface area contributed by atoms with Gasteiger partial charge in [0.15, 0.2) is 0 Å². The fraction of sp³-hybridized carbons (Fsp3) is 0.250. The van der Waals surface area contributed by atoms with E-state index >= 15 is 0 Å². The second-order valence-corrected chi connectivity index (χ2v) is 6.51. The minimum absolute atomic E-state index is 0.190. The van der Waals surface area contributed by atoms with E-state index in [2.05, 4.69) is 81.1 Å². The normalized spacial score (nSPS) is 12.2. The monoisotopic (exact) mass is 445 g/mol. The van der Waals surface area contributed by atoms with Crippen LogP contribution in [0, 0.1) is 3.57 Å². The van der Waals surface area contributed by atoms with Crippen LogP contribution in [0.3, 0.4) is 0 Å². The average Bonchev–Trinajstić information content (AvgIpc) is 2.48. The molecule has 1 N–H and O–H groups in total. The number of benzene rings is 2. The van der Waals surface area contributed by atoms with Gasteiger partial charge in [0.2, 0.25) is 0 Å². The van der Waals surface area contributed by atoms with E-state index in [1.165, 1.54) is 14.7 Å². The van der Waals surface area contributed by atoms with E-state index in [4.69, 9.17) is 4.74 Å². The molecule has 2 rings (SSSR count). The summed E-state index contributed by atoms with van der Waals surface area (Å²) in [4.78, 5) is 0. The minimum atomic E-state index is 0.190. The van der Waals surface area contributed by atoms with Crippen molar-refractivity contribution in [3.05, 3.63) is 61.6 Å². The molecule has 1 unspecified atom stereocenters. The van der Waals surface area contributed by atoms with Crippen LogP contribution in [0.25, 0.3) is 0 Å². The molecule has 0 spiro atoms. The second kappa shape index (κ2) is 7.43. The standard InChI is InChI=1S/C16H17BrINO/c1-3-19-16(11-4-7-13(20-2)8-5-11)14-10-12(17)6-9-15(14)18/h4-10,16,19H,3H2,1-2H3. The molecule has 0 aliphatic carbocycles. The predicted octanol–water partition coefficient (Wildman–Crippen LogP) is 4.76. The lowest BCUT2D eigenvalue weighted by atomic mass is 9.98. The zero-order chi connectivity index (χ0) is 14.5. The zero-order valence-electron chi connectivity index (χ0n) is 11.5. The fourth-order valence-electron chi connectivity index (χ4n) is 2.14. The summed E-state index contributed by atoms with van der Waals surface area (Å²) in [6, 6.07) is 14.8. The Hall–Kier alpha value is -0.590. The van der Waals surface area contributed by atoms with Crippen LogP contribution in [-0.2, 0) is 0 Å². The third-order valence-corrected chi connectivity index (χ3v) is 4.60. The predicted molar refractivity (Wildman–Crippen MR) is 95.4 cm³/mol. The van der Waals surface area contributed by atoms with Crippen molar-refractivity contribution < 1.29 is 4.74 Å². The summed E-state index contributed by atoms with van der Waals surface area (Å²) >= 11 is 5.95. The van der Waals surface area contributed by atoms with E-state index in [-0.39, 0.29) is 6.04 Å². The van der Waals surface area contributed by atoms with Crippen LogP contribution in [0.1, 0.15) is 24.1 Å². The minimum Gasteiger partial charge on any atom is -0.497 e. The lowest BCUT2D eigenvalue weighted by molar-refractivity contribution is 0.414. The first kappa shape index (κ1) is 15.8. The molecule has 2 nitrogen and oxygen atoms in total. The zero-order valence-corrected chi connectivity index (χ0v) is 15.2. The third kappa shape index (κ3) is 3.74. The van der Waals surface area contributed by atoms with Crippen molar-refractivity contribution in [1.82, 2.24) is 5.32 Å². The van der Waals surface area contributed by atoms with Gasteiger partial charge in [0, 0.05) is 8.04 Å². The molecule has 0 aliphatic heterocycles. The van der Waals surface area contributed by atoms with E-state index < -0.39 is 0 Å². The molecule has 2 aromatic carbocycles. The fourth-order valence-corrected chi connectivity index (χ4v) is 3.17. The largest absolute Gasteiger partial charge is 0.497 e. The van der Waals surface area contributed by atoms with Crippen molar-refractivity contribution in [3.8, 4) is 5.75 Å². The highest BCUT2D eigenvalue weighted by Gasteiger charge is 2.16. The number of hydrogen-bond acceptors (Lipinski definition) is 2. The molecule has 106 valence electrons. The SMILES string of the molecule is CCNC(c1ccc(OC)cc1)c1cc(Br)ccc1I. The maximum absolute atomic E-state index is 5.23. The van der Waals surface area contributed by atoms with Crippen LogP contribution in [0.4, 0.5) is 0 Å². The van der Waals surface area contributed by atoms with Crippen molar-refractivity contribution in [3.63, 3.8) is 0 Å². The highest BCUT2D eigenvalue weighted by molar-refractivity contribution is 14.1. The number of hydrogen-bond donors (Lipinski definition) is 1. The Morgan fingerprint density at radius 2 is 1.90 bits per heavy atom. The van der Waals surface area contributed by atoms with Crippen molar-refractivity contribution in [1.29, 1.82) is 0 Å². The molecule has 20 heavy (non-hydrogen) atoms. The number of halogens is 2. The Kier molecular flexibility index (Phi) is 5.86. The van der Waals surface area contributed by atoms with E-state index in [1.807, 2.05) is 12.1 Å². The summed E-state index contributed by atoms with van der Waals surface area (Å²) in [7, 11) is 1.69. The summed E-state index contributed by atoms with van der Waals surface area (Å²) < 4.78 is 7.59. The first-order valence-corrected chi connectivity index (χ1v) is 8.35. The van der Waals surface area contributed by atoms with Crippen LogP contribution in [0.5, 0.6) is 5.75 Å². The summed E-state index contributed by atoms with van der Waals surface area (Å²) in [5, 5.41) is 3.55. The molecular weight excluding hydrogens is 429 g/mol. The molecule has 0 saturated carbocycles. The maximum Gasteiger partial charge on any atom is 0.118 e. The van der Waals surface area contributed by atoms with Crippen molar-refractivity contribution in [2.24, 2.45) is 0 Å². The van der Waals surface area contributed by atoms with Gasteiger partial charge in [-0.2, -0.15) is 0 Å². The molecule has 4 heteroatoms. The van der Waals surface area contributed by atoms with Crippen molar-refractivity contribution in [2.75, 3.05) is 13.7 Å². The van der Waals surface area contributed by atoms with Crippen LogP contribution in [0.15, 0.2) is 46.9 Å². The molecule has 0 fully saturated rings. The molecule has 0 amide bonds. The van der Waals surface area contributed by atoms with Crippen LogP contribution in [0.2, 0.25) is 0 Å². The Morgan fingerprint density at radius 1 is 1.20 bits per heavy atom. The summed E-state index contributed by atoms with van der Waals surface area (Å²) in [5.41, 5.74) is 2.52. The maximum atomic E-state index is 5.23. The summed E-state index contributed by atoms with van der Waals surface area (Å²) in [6.45, 7) is 3.04. The average molecular weight is 446 g/mol. The molecule has 0 saturated heterocycles. The Labute approximate surface area is 142 Å². The highest BCUT2D eigenvalue weighted by atomic mass is 127. The molecule has 2 aromatic rings. The van der Waals surface area contributed by atoms with Gasteiger partial charge in [-0.1, -0.05) is 35.0 Å². The van der Waals surface area contributed by atoms with Crippen molar-refractivity contribution in [2.45, 2.75) is 13.0 Å². The Bertz CT molecular complexity index is 571. The Balaban J connectivity index is 2.41. The lowest BCUT2D eigenvalue weighted by Gasteiger charge is -2.21. The number of rotatable bonds is 5. The van der Waals surface area contributed by atoms with Gasteiger partial charge in [0.25, 0.3) is 0 Å². The van der Waals surface area contributed by atoms with Gasteiger partial charge in [-0.15, -0.1) is 0 Å². The Morgan fingerprint density at radius 3 is 2.50 bits per heavy atom. The first-order valence-electron chi connectivity index (χ1n) is 6.48. The molecule has 1 atom stereocenters.